The number of carbonyl (C=O) groups is 3. The third kappa shape index (κ3) is 3.82. The molecule has 1 saturated carbocycles. The number of rotatable bonds is 4. The fourth-order valence-electron chi connectivity index (χ4n) is 7.37. The van der Waals surface area contributed by atoms with Gasteiger partial charge in [-0.15, -0.1) is 0 Å². The number of Topliss-reactive ketones (excluding diaryl/α,β-unsaturated/α-hetero) is 3. The van der Waals surface area contributed by atoms with E-state index < -0.39 is 58.1 Å². The lowest BCUT2D eigenvalue weighted by Crippen LogP contribution is -2.67. The molecule has 0 spiro atoms. The molecule has 6 rings (SSSR count). The number of nitrogens with zero attached hydrogens (tertiary/aromatic N) is 1. The van der Waals surface area contributed by atoms with Crippen LogP contribution in [0.4, 0.5) is 0 Å². The maximum atomic E-state index is 14.4. The number of nitrogens with one attached hydrogen (secondary N) is 1. The van der Waals surface area contributed by atoms with E-state index in [1.165, 1.54) is 6.92 Å². The second-order valence-electron chi connectivity index (χ2n) is 11.8. The van der Waals surface area contributed by atoms with Crippen LogP contribution in [0.1, 0.15) is 29.3 Å². The van der Waals surface area contributed by atoms with Crippen LogP contribution in [0.2, 0.25) is 0 Å². The Morgan fingerprint density at radius 1 is 0.905 bits per heavy atom. The molecule has 0 aliphatic heterocycles. The van der Waals surface area contributed by atoms with Crippen LogP contribution in [0.25, 0.3) is 22.3 Å². The summed E-state index contributed by atoms with van der Waals surface area (Å²) < 4.78 is 0. The van der Waals surface area contributed by atoms with Gasteiger partial charge in [-0.05, 0) is 68.1 Å². The first-order valence-corrected chi connectivity index (χ1v) is 14.0. The Kier molecular flexibility index (Phi) is 6.51. The van der Waals surface area contributed by atoms with E-state index in [4.69, 9.17) is 5.41 Å². The number of phenolic OH excluding ortho intramolecular Hbond substituents is 1. The van der Waals surface area contributed by atoms with E-state index >= 15 is 0 Å². The molecule has 8 heteroatoms. The summed E-state index contributed by atoms with van der Waals surface area (Å²) in [6.07, 6.45) is 0.364. The molecule has 4 N–H and O–H groups in total. The van der Waals surface area contributed by atoms with Crippen LogP contribution in [0.15, 0.2) is 78.1 Å². The number of fused-ring (bicyclic) bond motifs is 3. The lowest BCUT2D eigenvalue weighted by atomic mass is 9.54. The number of carbonyl (C=O) groups excluding carboxylic acids is 3. The van der Waals surface area contributed by atoms with Crippen molar-refractivity contribution in [3.63, 3.8) is 0 Å². The van der Waals surface area contributed by atoms with E-state index in [0.717, 1.165) is 11.1 Å². The molecule has 3 aromatic carbocycles. The van der Waals surface area contributed by atoms with Crippen LogP contribution >= 0.6 is 0 Å². The number of hydrogen-bond donors (Lipinski definition) is 4. The molecule has 0 aromatic heterocycles. The van der Waals surface area contributed by atoms with E-state index in [1.807, 2.05) is 66.7 Å². The summed E-state index contributed by atoms with van der Waals surface area (Å²) in [5, 5.41) is 42.9. The van der Waals surface area contributed by atoms with Gasteiger partial charge in [0.1, 0.15) is 11.5 Å². The van der Waals surface area contributed by atoms with Gasteiger partial charge in [-0.1, -0.05) is 60.7 Å². The van der Waals surface area contributed by atoms with Crippen molar-refractivity contribution >= 4 is 23.1 Å². The average Bonchev–Trinajstić information content (AvgIpc) is 2.95. The second-order valence-corrected chi connectivity index (χ2v) is 11.8. The number of phenols is 1. The van der Waals surface area contributed by atoms with Gasteiger partial charge in [0.15, 0.2) is 23.0 Å². The molecule has 0 radical (unpaired) electrons. The summed E-state index contributed by atoms with van der Waals surface area (Å²) in [5.41, 5.74) is 0.205. The van der Waals surface area contributed by atoms with Gasteiger partial charge in [-0.25, -0.2) is 0 Å². The summed E-state index contributed by atoms with van der Waals surface area (Å²) in [7, 11) is 3.30. The Bertz CT molecular complexity index is 1690. The molecule has 5 atom stereocenters. The number of aromatic hydroxyl groups is 1. The van der Waals surface area contributed by atoms with Crippen molar-refractivity contribution in [3.05, 3.63) is 89.2 Å². The van der Waals surface area contributed by atoms with Crippen LogP contribution in [-0.4, -0.2) is 69.0 Å². The monoisotopic (exact) mass is 564 g/mol. The molecule has 42 heavy (non-hydrogen) atoms. The summed E-state index contributed by atoms with van der Waals surface area (Å²) in [6, 6.07) is 19.6. The summed E-state index contributed by atoms with van der Waals surface area (Å²) in [6.45, 7) is 1.31. The van der Waals surface area contributed by atoms with Gasteiger partial charge < -0.3 is 20.7 Å². The molecule has 0 amide bonds. The van der Waals surface area contributed by atoms with Crippen molar-refractivity contribution < 1.29 is 29.7 Å². The third-order valence-electron chi connectivity index (χ3n) is 9.22. The molecule has 1 unspecified atom stereocenters. The standard InChI is InChI=1S/C34H32N2O6/c1-17(35)25-31(39)28(36(2)3)24-15-20-14-23-21(18-10-6-4-7-11-18)16-22(19-12-8-5-9-13-19)29(37)27(23)30(38)26(20)33(41)34(24,42)32(25)40/h4-13,16,20,24,26,28,35,37,40,42H,14-15H2,1-3H3/t20-,24-,26?,28-,34+/m0/s1. The molecular formula is C34H32N2O6. The van der Waals surface area contributed by atoms with Crippen molar-refractivity contribution in [2.24, 2.45) is 17.8 Å². The Morgan fingerprint density at radius 3 is 2.02 bits per heavy atom. The van der Waals surface area contributed by atoms with Crippen LogP contribution in [0.5, 0.6) is 5.75 Å². The summed E-state index contributed by atoms with van der Waals surface area (Å²) >= 11 is 0. The molecule has 3 aromatic rings. The largest absolute Gasteiger partial charge is 0.508 e. The van der Waals surface area contributed by atoms with Crippen LogP contribution in [0, 0.1) is 23.2 Å². The lowest BCUT2D eigenvalue weighted by molar-refractivity contribution is -0.162. The fourth-order valence-corrected chi connectivity index (χ4v) is 7.37. The number of benzene rings is 3. The minimum Gasteiger partial charge on any atom is -0.508 e. The highest BCUT2D eigenvalue weighted by Crippen LogP contribution is 2.54. The molecule has 3 aliphatic rings. The van der Waals surface area contributed by atoms with Gasteiger partial charge in [0.05, 0.1) is 23.1 Å². The van der Waals surface area contributed by atoms with Crippen molar-refractivity contribution in [2.75, 3.05) is 14.1 Å². The average molecular weight is 565 g/mol. The van der Waals surface area contributed by atoms with Gasteiger partial charge in [0.2, 0.25) is 0 Å². The first-order valence-electron chi connectivity index (χ1n) is 14.0. The normalized spacial score (nSPS) is 27.0. The van der Waals surface area contributed by atoms with E-state index in [1.54, 1.807) is 19.0 Å². The number of hydrogen-bond acceptors (Lipinski definition) is 8. The molecule has 1 fully saturated rings. The molecule has 8 nitrogen and oxygen atoms in total. The van der Waals surface area contributed by atoms with Crippen molar-refractivity contribution in [1.29, 1.82) is 5.41 Å². The minimum atomic E-state index is -2.52. The molecular weight excluding hydrogens is 532 g/mol. The van der Waals surface area contributed by atoms with Crippen molar-refractivity contribution in [3.8, 4) is 28.0 Å². The highest BCUT2D eigenvalue weighted by atomic mass is 16.3. The maximum absolute atomic E-state index is 14.4. The summed E-state index contributed by atoms with van der Waals surface area (Å²) in [5.74, 6) is -6.10. The van der Waals surface area contributed by atoms with Crippen LogP contribution in [0.3, 0.4) is 0 Å². The van der Waals surface area contributed by atoms with E-state index in [0.29, 0.717) is 16.7 Å². The van der Waals surface area contributed by atoms with Crippen LogP contribution in [-0.2, 0) is 16.0 Å². The zero-order valence-corrected chi connectivity index (χ0v) is 23.6. The van der Waals surface area contributed by atoms with Gasteiger partial charge in [0.25, 0.3) is 0 Å². The zero-order valence-electron chi connectivity index (χ0n) is 23.6. The zero-order chi connectivity index (χ0) is 30.1. The van der Waals surface area contributed by atoms with Crippen molar-refractivity contribution in [2.45, 2.75) is 31.4 Å². The Labute approximate surface area is 243 Å². The molecule has 0 bridgehead atoms. The highest BCUT2D eigenvalue weighted by Gasteiger charge is 2.65. The van der Waals surface area contributed by atoms with E-state index in [-0.39, 0.29) is 29.9 Å². The van der Waals surface area contributed by atoms with E-state index in [2.05, 4.69) is 0 Å². The Morgan fingerprint density at radius 2 is 1.48 bits per heavy atom. The van der Waals surface area contributed by atoms with Gasteiger partial charge in [0, 0.05) is 17.2 Å². The quantitative estimate of drug-likeness (QED) is 0.272. The van der Waals surface area contributed by atoms with E-state index in [9.17, 15) is 29.7 Å². The van der Waals surface area contributed by atoms with Gasteiger partial charge in [-0.2, -0.15) is 0 Å². The molecule has 3 aliphatic carbocycles. The molecule has 0 saturated heterocycles. The Balaban J connectivity index is 1.58. The molecule has 214 valence electrons. The summed E-state index contributed by atoms with van der Waals surface area (Å²) in [4.78, 5) is 43.7. The highest BCUT2D eigenvalue weighted by molar-refractivity contribution is 6.26. The van der Waals surface area contributed by atoms with Gasteiger partial charge >= 0.3 is 0 Å². The number of aliphatic hydroxyl groups excluding tert-OH is 1. The number of ketones is 3. The smallest absolute Gasteiger partial charge is 0.186 e. The fraction of sp³-hybridized carbons (Fsp3) is 0.294. The first kappa shape index (κ1) is 27.8. The maximum Gasteiger partial charge on any atom is 0.186 e. The number of likely N-dealkylation sites (N-methyl/N-ethyl adjacent to an activating group) is 1. The topological polar surface area (TPSA) is 139 Å². The molecule has 0 heterocycles. The third-order valence-corrected chi connectivity index (χ3v) is 9.22. The van der Waals surface area contributed by atoms with Gasteiger partial charge in [-0.3, -0.25) is 19.3 Å². The van der Waals surface area contributed by atoms with Crippen LogP contribution < -0.4 is 0 Å². The first-order chi connectivity index (χ1) is 20.0. The number of aliphatic hydroxyl groups is 2. The Hall–Kier alpha value is -4.40. The predicted molar refractivity (Wildman–Crippen MR) is 158 cm³/mol. The predicted octanol–water partition coefficient (Wildman–Crippen LogP) is 4.38. The SMILES string of the molecule is CC(=N)C1=C(O)[C@@]2(O)C(=O)C3C(=O)c4c(O)c(-c5ccccc5)cc(-c5ccccc5)c4C[C@H]3C[C@H]2[C@H](N(C)C)C1=O. The second kappa shape index (κ2) is 9.86. The lowest BCUT2D eigenvalue weighted by Gasteiger charge is -2.52. The minimum absolute atomic E-state index is 0.0369. The van der Waals surface area contributed by atoms with Crippen molar-refractivity contribution in [1.82, 2.24) is 4.90 Å².